The van der Waals surface area contributed by atoms with Crippen LogP contribution >= 0.6 is 0 Å². The maximum Gasteiger partial charge on any atom is 0.272 e. The van der Waals surface area contributed by atoms with Gasteiger partial charge in [0.15, 0.2) is 80.2 Å². The molecule has 0 spiro atoms. The standard InChI is InChI=1S/C20H25F17/c21-5-3-1-2-4-6(22)7(23)8(24)9(25)10(26)11(27)12(28)13(29)14(30)15(31)16(32)17(33)18(34)19(35)20(36)37/h6-20H,1-5H2. The Labute approximate surface area is 200 Å². The van der Waals surface area contributed by atoms with E-state index in [0.29, 0.717) is 0 Å². The third-order valence-electron chi connectivity index (χ3n) is 5.35. The Balaban J connectivity index is 5.16. The van der Waals surface area contributed by atoms with E-state index >= 15 is 0 Å². The van der Waals surface area contributed by atoms with Crippen LogP contribution in [0, 0.1) is 0 Å². The molecule has 37 heavy (non-hydrogen) atoms. The first-order valence-corrected chi connectivity index (χ1v) is 10.8. The Morgan fingerprint density at radius 3 is 0.838 bits per heavy atom. The molecule has 17 heteroatoms. The van der Waals surface area contributed by atoms with Crippen LogP contribution < -0.4 is 0 Å². The van der Waals surface area contributed by atoms with E-state index in [2.05, 4.69) is 0 Å². The van der Waals surface area contributed by atoms with E-state index < -0.39 is 106 Å². The van der Waals surface area contributed by atoms with Gasteiger partial charge in [0.1, 0.15) is 6.17 Å². The first kappa shape index (κ1) is 35.8. The molecule has 0 nitrogen and oxygen atoms in total. The zero-order valence-corrected chi connectivity index (χ0v) is 18.6. The third kappa shape index (κ3) is 10.1. The molecule has 0 heterocycles. The van der Waals surface area contributed by atoms with Crippen molar-refractivity contribution in [2.45, 2.75) is 119 Å². The van der Waals surface area contributed by atoms with E-state index in [-0.39, 0.29) is 19.3 Å². The van der Waals surface area contributed by atoms with Crippen LogP contribution in [0.25, 0.3) is 0 Å². The summed E-state index contributed by atoms with van der Waals surface area (Å²) in [7, 11) is 0. The number of hydrogen-bond acceptors (Lipinski definition) is 0. The van der Waals surface area contributed by atoms with Gasteiger partial charge in [-0.1, -0.05) is 12.8 Å². The normalized spacial score (nSPS) is 24.2. The van der Waals surface area contributed by atoms with Crippen LogP contribution in [0.3, 0.4) is 0 Å². The number of alkyl halides is 17. The zero-order valence-electron chi connectivity index (χ0n) is 18.6. The fourth-order valence-corrected chi connectivity index (χ4v) is 3.04. The second-order valence-corrected chi connectivity index (χ2v) is 8.17. The van der Waals surface area contributed by atoms with Gasteiger partial charge in [-0.2, -0.15) is 0 Å². The molecule has 14 atom stereocenters. The third-order valence-corrected chi connectivity index (χ3v) is 5.35. The van der Waals surface area contributed by atoms with E-state index in [4.69, 9.17) is 0 Å². The van der Waals surface area contributed by atoms with Crippen LogP contribution in [-0.2, 0) is 0 Å². The van der Waals surface area contributed by atoms with E-state index in [1.807, 2.05) is 0 Å². The van der Waals surface area contributed by atoms with Gasteiger partial charge in [0.25, 0.3) is 6.43 Å². The number of hydrogen-bond donors (Lipinski definition) is 0. The van der Waals surface area contributed by atoms with E-state index in [1.54, 1.807) is 0 Å². The molecule has 224 valence electrons. The van der Waals surface area contributed by atoms with Crippen molar-refractivity contribution in [3.63, 3.8) is 0 Å². The molecule has 0 aromatic rings. The minimum atomic E-state index is -4.32. The monoisotopic (exact) mass is 588 g/mol. The highest BCUT2D eigenvalue weighted by Gasteiger charge is 2.52. The smallest absolute Gasteiger partial charge is 0.251 e. The van der Waals surface area contributed by atoms with Crippen LogP contribution in [0.1, 0.15) is 25.7 Å². The van der Waals surface area contributed by atoms with Crippen LogP contribution in [-0.4, -0.2) is 99.5 Å². The van der Waals surface area contributed by atoms with Crippen LogP contribution in [0.5, 0.6) is 0 Å². The highest BCUT2D eigenvalue weighted by molar-refractivity contribution is 4.98. The van der Waals surface area contributed by atoms with Crippen LogP contribution in [0.4, 0.5) is 74.6 Å². The summed E-state index contributed by atoms with van der Waals surface area (Å²) in [6, 6.07) is 0. The summed E-state index contributed by atoms with van der Waals surface area (Å²) in [6.07, 6.45) is -61.6. The molecule has 0 rings (SSSR count). The van der Waals surface area contributed by atoms with Gasteiger partial charge in [0.2, 0.25) is 0 Å². The second-order valence-electron chi connectivity index (χ2n) is 8.17. The molecule has 0 saturated carbocycles. The van der Waals surface area contributed by atoms with Crippen molar-refractivity contribution in [1.29, 1.82) is 0 Å². The van der Waals surface area contributed by atoms with Crippen molar-refractivity contribution in [1.82, 2.24) is 0 Å². The lowest BCUT2D eigenvalue weighted by Crippen LogP contribution is -2.51. The van der Waals surface area contributed by atoms with E-state index in [9.17, 15) is 74.6 Å². The van der Waals surface area contributed by atoms with Gasteiger partial charge in [0.05, 0.1) is 6.67 Å². The molecule has 0 aliphatic carbocycles. The summed E-state index contributed by atoms with van der Waals surface area (Å²) in [4.78, 5) is 0. The summed E-state index contributed by atoms with van der Waals surface area (Å²) in [5.41, 5.74) is 0. The Bertz CT molecular complexity index is 599. The second kappa shape index (κ2) is 16.7. The number of unbranched alkanes of at least 4 members (excludes halogenated alkanes) is 2. The van der Waals surface area contributed by atoms with Gasteiger partial charge in [0, 0.05) is 0 Å². The van der Waals surface area contributed by atoms with E-state index in [0.717, 1.165) is 0 Å². The van der Waals surface area contributed by atoms with Crippen molar-refractivity contribution in [2.24, 2.45) is 0 Å². The average Bonchev–Trinajstić information content (AvgIpc) is 2.89. The summed E-state index contributed by atoms with van der Waals surface area (Å²) < 4.78 is 226. The lowest BCUT2D eigenvalue weighted by molar-refractivity contribution is -0.0839. The summed E-state index contributed by atoms with van der Waals surface area (Å²) in [6.45, 7) is -0.813. The lowest BCUT2D eigenvalue weighted by Gasteiger charge is -2.29. The SMILES string of the molecule is FCCCCCC(F)C(F)C(F)C(F)C(F)C(F)C(F)C(F)C(F)C(F)C(F)C(F)C(F)C(F)C(F)F. The fraction of sp³-hybridized carbons (Fsp3) is 1.00. The number of halogens is 17. The minimum Gasteiger partial charge on any atom is -0.251 e. The van der Waals surface area contributed by atoms with Gasteiger partial charge in [-0.25, -0.2) is 70.2 Å². The lowest BCUT2D eigenvalue weighted by atomic mass is 9.93. The van der Waals surface area contributed by atoms with E-state index in [1.165, 1.54) is 0 Å². The molecule has 14 unspecified atom stereocenters. The first-order valence-electron chi connectivity index (χ1n) is 10.8. The predicted octanol–water partition coefficient (Wildman–Crippen LogP) is 7.51. The van der Waals surface area contributed by atoms with Crippen molar-refractivity contribution in [3.05, 3.63) is 0 Å². The maximum absolute atomic E-state index is 13.8. The van der Waals surface area contributed by atoms with Crippen molar-refractivity contribution < 1.29 is 74.6 Å². The van der Waals surface area contributed by atoms with Gasteiger partial charge in [-0.15, -0.1) is 0 Å². The van der Waals surface area contributed by atoms with Gasteiger partial charge in [-0.05, 0) is 12.8 Å². The first-order chi connectivity index (χ1) is 17.0. The predicted molar refractivity (Wildman–Crippen MR) is 99.0 cm³/mol. The van der Waals surface area contributed by atoms with Crippen molar-refractivity contribution in [3.8, 4) is 0 Å². The fourth-order valence-electron chi connectivity index (χ4n) is 3.04. The largest absolute Gasteiger partial charge is 0.272 e. The Morgan fingerprint density at radius 1 is 0.297 bits per heavy atom. The Hall–Kier alpha value is -1.19. The molecule has 0 amide bonds. The van der Waals surface area contributed by atoms with Gasteiger partial charge >= 0.3 is 0 Å². The molecule has 0 saturated heterocycles. The molecule has 0 fully saturated rings. The molecule has 0 aliphatic rings. The highest BCUT2D eigenvalue weighted by atomic mass is 19.3. The van der Waals surface area contributed by atoms with Crippen LogP contribution in [0.15, 0.2) is 0 Å². The molecular weight excluding hydrogens is 563 g/mol. The molecule has 0 aromatic heterocycles. The van der Waals surface area contributed by atoms with Gasteiger partial charge < -0.3 is 0 Å². The average molecular weight is 588 g/mol. The molecular formula is C20H25F17. The maximum atomic E-state index is 13.8. The quantitative estimate of drug-likeness (QED) is 0.108. The molecule has 0 aromatic carbocycles. The summed E-state index contributed by atoms with van der Waals surface area (Å²) in [5, 5.41) is 0. The van der Waals surface area contributed by atoms with Crippen LogP contribution in [0.2, 0.25) is 0 Å². The number of rotatable bonds is 19. The van der Waals surface area contributed by atoms with Crippen molar-refractivity contribution >= 4 is 0 Å². The zero-order chi connectivity index (χ0) is 29.2. The topological polar surface area (TPSA) is 0 Å². The van der Waals surface area contributed by atoms with Gasteiger partial charge in [-0.3, -0.25) is 4.39 Å². The van der Waals surface area contributed by atoms with Crippen molar-refractivity contribution in [2.75, 3.05) is 6.67 Å². The Morgan fingerprint density at radius 2 is 0.568 bits per heavy atom. The Kier molecular flexibility index (Phi) is 16.2. The minimum absolute atomic E-state index is 0.00870. The summed E-state index contributed by atoms with van der Waals surface area (Å²) >= 11 is 0. The molecule has 0 N–H and O–H groups in total. The summed E-state index contributed by atoms with van der Waals surface area (Å²) in [5.74, 6) is 0. The molecule has 0 aliphatic heterocycles. The molecule has 0 bridgehead atoms. The highest BCUT2D eigenvalue weighted by Crippen LogP contribution is 2.33. The molecule has 0 radical (unpaired) electrons.